The minimum absolute atomic E-state index is 0. The third-order valence-corrected chi connectivity index (χ3v) is 10.4. The van der Waals surface area contributed by atoms with Crippen molar-refractivity contribution in [2.45, 2.75) is 219 Å². The topological polar surface area (TPSA) is 232 Å². The molecule has 62 heavy (non-hydrogen) atoms. The molecule has 356 valence electrons. The summed E-state index contributed by atoms with van der Waals surface area (Å²) in [6.07, 6.45) is 32.5. The summed E-state index contributed by atoms with van der Waals surface area (Å²) in [5.74, 6) is -0.162. The molecule has 0 aromatic heterocycles. The summed E-state index contributed by atoms with van der Waals surface area (Å²) < 4.78 is 80.0. The first kappa shape index (κ1) is 68.7. The van der Waals surface area contributed by atoms with Gasteiger partial charge >= 0.3 is 71.1 Å². The monoisotopic (exact) mass is 942 g/mol. The predicted octanol–water partition coefficient (Wildman–Crippen LogP) is 2.33. The van der Waals surface area contributed by atoms with Crippen LogP contribution in [0.3, 0.4) is 0 Å². The molecule has 0 aliphatic heterocycles. The molecule has 0 N–H and O–H groups in total. The van der Waals surface area contributed by atoms with Crippen molar-refractivity contribution < 1.29 is 123 Å². The van der Waals surface area contributed by atoms with Crippen LogP contribution in [0, 0.1) is 0 Å². The number of unbranched alkanes of at least 4 members (excludes halogenated alkanes) is 18. The van der Waals surface area contributed by atoms with E-state index in [1.54, 1.807) is 0 Å². The van der Waals surface area contributed by atoms with Crippen molar-refractivity contribution in [1.82, 2.24) is 0 Å². The van der Waals surface area contributed by atoms with Gasteiger partial charge in [0.25, 0.3) is 0 Å². The van der Waals surface area contributed by atoms with Gasteiger partial charge in [0.15, 0.2) is 0 Å². The summed E-state index contributed by atoms with van der Waals surface area (Å²) >= 11 is 0. The molecule has 0 spiro atoms. The van der Waals surface area contributed by atoms with E-state index in [-0.39, 0.29) is 84.3 Å². The van der Waals surface area contributed by atoms with Gasteiger partial charge in [-0.25, -0.2) is 16.8 Å². The van der Waals surface area contributed by atoms with E-state index in [4.69, 9.17) is 9.47 Å². The second-order valence-corrected chi connectivity index (χ2v) is 17.4. The molecule has 0 rings (SSSR count). The van der Waals surface area contributed by atoms with Gasteiger partial charge in [0.1, 0.15) is 0 Å². The van der Waals surface area contributed by atoms with Gasteiger partial charge in [0.2, 0.25) is 20.8 Å². The van der Waals surface area contributed by atoms with Crippen LogP contribution in [0.5, 0.6) is 0 Å². The Labute approximate surface area is 421 Å². The van der Waals surface area contributed by atoms with Crippen molar-refractivity contribution in [3.63, 3.8) is 0 Å². The molecular formula is C44H80Na2O14S2-2. The third kappa shape index (κ3) is 62.2. The molecule has 0 heterocycles. The summed E-state index contributed by atoms with van der Waals surface area (Å²) in [4.78, 5) is 22.9. The zero-order valence-corrected chi connectivity index (χ0v) is 44.7. The van der Waals surface area contributed by atoms with Gasteiger partial charge in [-0.1, -0.05) is 141 Å². The Morgan fingerprint density at radius 3 is 1.13 bits per heavy atom. The Morgan fingerprint density at radius 1 is 0.452 bits per heavy atom. The Kier molecular flexibility index (Phi) is 55.9. The Balaban J connectivity index is -0.000000526. The number of carbonyl (C=O) groups excluding carboxylic acids is 2. The predicted molar refractivity (Wildman–Crippen MR) is 229 cm³/mol. The van der Waals surface area contributed by atoms with E-state index >= 15 is 0 Å². The first-order chi connectivity index (χ1) is 28.7. The van der Waals surface area contributed by atoms with Crippen molar-refractivity contribution in [2.24, 2.45) is 0 Å². The van der Waals surface area contributed by atoms with E-state index in [1.165, 1.54) is 0 Å². The quantitative estimate of drug-likeness (QED) is 0.0214. The molecule has 2 atom stereocenters. The van der Waals surface area contributed by atoms with Crippen LogP contribution in [0.25, 0.3) is 0 Å². The van der Waals surface area contributed by atoms with Gasteiger partial charge in [-0.05, 0) is 77.0 Å². The van der Waals surface area contributed by atoms with Crippen LogP contribution in [0.1, 0.15) is 206 Å². The number of ether oxygens (including phenoxy) is 2. The van der Waals surface area contributed by atoms with Gasteiger partial charge in [-0.3, -0.25) is 18.0 Å². The van der Waals surface area contributed by atoms with E-state index in [1.807, 2.05) is 12.2 Å². The Morgan fingerprint density at radius 2 is 0.774 bits per heavy atom. The third-order valence-electron chi connectivity index (χ3n) is 9.45. The van der Waals surface area contributed by atoms with Gasteiger partial charge in [0.05, 0.1) is 26.4 Å². The minimum Gasteiger partial charge on any atom is -0.852 e. The maximum atomic E-state index is 11.9. The second-order valence-electron chi connectivity index (χ2n) is 15.3. The second kappa shape index (κ2) is 50.5. The number of rotatable bonds is 42. The van der Waals surface area contributed by atoms with Crippen LogP contribution < -0.4 is 69.3 Å². The largest absolute Gasteiger partial charge is 1.00 e. The molecule has 0 aromatic rings. The smallest absolute Gasteiger partial charge is 0.852 e. The zero-order chi connectivity index (χ0) is 45.0. The molecule has 0 saturated heterocycles. The van der Waals surface area contributed by atoms with Crippen LogP contribution in [-0.4, -0.2) is 76.5 Å². The molecule has 18 heteroatoms. The molecule has 0 bridgehead atoms. The Hall–Kier alpha value is 0.0800. The van der Waals surface area contributed by atoms with Crippen molar-refractivity contribution in [3.8, 4) is 0 Å². The first-order valence-corrected chi connectivity index (χ1v) is 25.5. The molecule has 0 aliphatic carbocycles. The molecule has 0 radical (unpaired) electrons. The average molecular weight is 943 g/mol. The standard InChI is InChI=1S/2C22H41O7S.2Na/c2*1-2-3-19-28-22(24)18-14-9-7-5-4-6-8-12-16-21(23)17-13-10-11-15-20-29-30(25,26)27;;/h2*8,12,21H,2-7,9-11,13-20H2,1H3,(H,25,26,27);;/q2*-1;2*+1/p-2/b2*12-8-;;/t2*21-;;/m00../s1. The van der Waals surface area contributed by atoms with Crippen molar-refractivity contribution in [2.75, 3.05) is 26.4 Å². The SMILES string of the molecule is CCCCOC(=O)CCCCCCC/C=C\C[C@H]([O-])CCCCCCOS(=O)(=O)[O-].CCCCOC(=O)CCCCCCC/C=C\C[C@H]([O-])CCCCCCOS(=O)(=O)[O-].[Na+].[Na+]. The summed E-state index contributed by atoms with van der Waals surface area (Å²) in [7, 11) is -9.17. The number of esters is 2. The molecule has 14 nitrogen and oxygen atoms in total. The van der Waals surface area contributed by atoms with Crippen LogP contribution in [-0.2, 0) is 48.2 Å². The Bertz CT molecular complexity index is 1170. The van der Waals surface area contributed by atoms with Crippen LogP contribution in [0.2, 0.25) is 0 Å². The summed E-state index contributed by atoms with van der Waals surface area (Å²) in [5, 5.41) is 23.7. The maximum absolute atomic E-state index is 11.9. The number of hydrogen-bond acceptors (Lipinski definition) is 14. The molecule has 0 aliphatic rings. The van der Waals surface area contributed by atoms with E-state index in [9.17, 15) is 45.7 Å². The fourth-order valence-electron chi connectivity index (χ4n) is 5.87. The van der Waals surface area contributed by atoms with Crippen LogP contribution >= 0.6 is 0 Å². The minimum atomic E-state index is -4.59. The van der Waals surface area contributed by atoms with Gasteiger partial charge in [-0.15, -0.1) is 12.2 Å². The summed E-state index contributed by atoms with van der Waals surface area (Å²) in [6, 6.07) is 0. The molecule has 0 unspecified atom stereocenters. The molecule has 0 aromatic carbocycles. The average Bonchev–Trinajstić information content (AvgIpc) is 3.18. The molecular weight excluding hydrogens is 863 g/mol. The number of hydrogen-bond donors (Lipinski definition) is 0. The summed E-state index contributed by atoms with van der Waals surface area (Å²) in [5.41, 5.74) is 0. The van der Waals surface area contributed by atoms with Crippen molar-refractivity contribution in [3.05, 3.63) is 24.3 Å². The van der Waals surface area contributed by atoms with E-state index in [2.05, 4.69) is 34.4 Å². The maximum Gasteiger partial charge on any atom is 1.00 e. The fraction of sp³-hybridized carbons (Fsp3) is 0.864. The summed E-state index contributed by atoms with van der Waals surface area (Å²) in [6.45, 7) is 5.06. The van der Waals surface area contributed by atoms with E-state index in [0.29, 0.717) is 64.6 Å². The molecule has 0 saturated carbocycles. The van der Waals surface area contributed by atoms with E-state index < -0.39 is 33.0 Å². The molecule has 0 fully saturated rings. The van der Waals surface area contributed by atoms with Gasteiger partial charge in [0, 0.05) is 12.8 Å². The van der Waals surface area contributed by atoms with Crippen LogP contribution in [0.4, 0.5) is 0 Å². The zero-order valence-electron chi connectivity index (χ0n) is 39.0. The normalized spacial score (nSPS) is 12.6. The van der Waals surface area contributed by atoms with Gasteiger partial charge < -0.3 is 28.8 Å². The fourth-order valence-corrected chi connectivity index (χ4v) is 6.52. The van der Waals surface area contributed by atoms with Gasteiger partial charge in [-0.2, -0.15) is 0 Å². The number of carbonyl (C=O) groups is 2. The van der Waals surface area contributed by atoms with Crippen LogP contribution in [0.15, 0.2) is 24.3 Å². The first-order valence-electron chi connectivity index (χ1n) is 22.8. The van der Waals surface area contributed by atoms with E-state index in [0.717, 1.165) is 141 Å². The van der Waals surface area contributed by atoms with Crippen molar-refractivity contribution in [1.29, 1.82) is 0 Å². The number of allylic oxidation sites excluding steroid dienone is 2. The van der Waals surface area contributed by atoms with Crippen molar-refractivity contribution >= 4 is 32.7 Å². The molecule has 0 amide bonds.